The van der Waals surface area contributed by atoms with E-state index in [4.69, 9.17) is 0 Å². The number of nitrogens with zero attached hydrogens (tertiary/aromatic N) is 2. The van der Waals surface area contributed by atoms with Crippen LogP contribution in [0.2, 0.25) is 0 Å². The minimum atomic E-state index is -0.331. The van der Waals surface area contributed by atoms with Gasteiger partial charge in [0.25, 0.3) is 0 Å². The second-order valence-electron chi connectivity index (χ2n) is 6.97. The molecule has 0 aromatic heterocycles. The number of likely N-dealkylation sites (tertiary alicyclic amines) is 2. The molecule has 23 heavy (non-hydrogen) atoms. The number of hydrogen-bond donors (Lipinski definition) is 0. The molecular weight excluding hydrogens is 291 g/mol. The first-order chi connectivity index (χ1) is 11.1. The summed E-state index contributed by atoms with van der Waals surface area (Å²) in [6.45, 7) is 4.01. The molecule has 0 aliphatic carbocycles. The number of carbonyl (C=O) groups excluding carboxylic acids is 1. The Morgan fingerprint density at radius 3 is 2.22 bits per heavy atom. The molecule has 2 fully saturated rings. The van der Waals surface area contributed by atoms with Gasteiger partial charge >= 0.3 is 0 Å². The van der Waals surface area contributed by atoms with Crippen LogP contribution in [-0.4, -0.2) is 48.9 Å². The average molecular weight is 317 g/mol. The van der Waals surface area contributed by atoms with E-state index >= 15 is 0 Å². The van der Waals surface area contributed by atoms with Crippen LogP contribution in [0.4, 0.5) is 4.39 Å². The van der Waals surface area contributed by atoms with Crippen LogP contribution in [0, 0.1) is 24.1 Å². The van der Waals surface area contributed by atoms with E-state index < -0.39 is 0 Å². The van der Waals surface area contributed by atoms with Gasteiger partial charge in [-0.1, -0.05) is 18.2 Å². The lowest BCUT2D eigenvalue weighted by atomic mass is 9.79. The Balaban J connectivity index is 1.49. The Bertz CT molecular complexity index is 532. The van der Waals surface area contributed by atoms with Crippen molar-refractivity contribution in [1.82, 2.24) is 9.80 Å². The topological polar surface area (TPSA) is 23.6 Å². The predicted octanol–water partition coefficient (Wildman–Crippen LogP) is 2.96. The second-order valence-corrected chi connectivity index (χ2v) is 6.97. The smallest absolute Gasteiger partial charge is 0.231 e. The third kappa shape index (κ3) is 4.11. The van der Waals surface area contributed by atoms with Crippen molar-refractivity contribution < 1.29 is 9.18 Å². The Morgan fingerprint density at radius 2 is 1.61 bits per heavy atom. The fourth-order valence-electron chi connectivity index (χ4n) is 3.91. The zero-order valence-corrected chi connectivity index (χ0v) is 13.9. The lowest BCUT2D eigenvalue weighted by Gasteiger charge is -2.39. The molecule has 4 heteroatoms. The molecule has 2 aliphatic rings. The molecule has 2 saturated heterocycles. The van der Waals surface area contributed by atoms with E-state index in [0.717, 1.165) is 37.8 Å². The summed E-state index contributed by atoms with van der Waals surface area (Å²) in [5, 5.41) is 0. The predicted molar refractivity (Wildman–Crippen MR) is 89.3 cm³/mol. The summed E-state index contributed by atoms with van der Waals surface area (Å²) in [7, 11) is 2.19. The van der Waals surface area contributed by atoms with Crippen molar-refractivity contribution in [3.63, 3.8) is 0 Å². The minimum absolute atomic E-state index is 0.0584. The summed E-state index contributed by atoms with van der Waals surface area (Å²) < 4.78 is 13.6. The van der Waals surface area contributed by atoms with Gasteiger partial charge in [0.15, 0.2) is 0 Å². The Hall–Kier alpha value is -1.42. The maximum absolute atomic E-state index is 13.6. The number of benzene rings is 1. The summed E-state index contributed by atoms with van der Waals surface area (Å²) >= 11 is 0. The molecule has 0 bridgehead atoms. The van der Waals surface area contributed by atoms with Crippen LogP contribution in [0.25, 0.3) is 0 Å². The number of hydrogen-bond acceptors (Lipinski definition) is 2. The third-order valence-corrected chi connectivity index (χ3v) is 5.47. The molecule has 2 aliphatic heterocycles. The van der Waals surface area contributed by atoms with E-state index in [0.29, 0.717) is 5.56 Å². The molecule has 1 radical (unpaired) electrons. The average Bonchev–Trinajstić information content (AvgIpc) is 2.58. The van der Waals surface area contributed by atoms with Crippen LogP contribution in [0.15, 0.2) is 24.3 Å². The summed E-state index contributed by atoms with van der Waals surface area (Å²) in [5.41, 5.74) is 0.384. The fraction of sp³-hybridized carbons (Fsp3) is 0.579. The molecule has 0 atom stereocenters. The molecule has 1 aromatic carbocycles. The van der Waals surface area contributed by atoms with Crippen LogP contribution in [0.5, 0.6) is 0 Å². The normalized spacial score (nSPS) is 21.6. The highest BCUT2D eigenvalue weighted by Crippen LogP contribution is 2.32. The highest BCUT2D eigenvalue weighted by Gasteiger charge is 2.30. The van der Waals surface area contributed by atoms with Gasteiger partial charge in [-0.05, 0) is 63.7 Å². The first-order valence-electron chi connectivity index (χ1n) is 8.70. The van der Waals surface area contributed by atoms with Gasteiger partial charge in [-0.2, -0.15) is 0 Å². The highest BCUT2D eigenvalue weighted by molar-refractivity contribution is 5.88. The zero-order chi connectivity index (χ0) is 16.2. The van der Waals surface area contributed by atoms with Gasteiger partial charge in [-0.15, -0.1) is 0 Å². The minimum Gasteiger partial charge on any atom is -0.342 e. The van der Waals surface area contributed by atoms with Gasteiger partial charge in [0.2, 0.25) is 5.91 Å². The molecule has 1 aromatic rings. The van der Waals surface area contributed by atoms with Gasteiger partial charge in [-0.3, -0.25) is 4.79 Å². The maximum Gasteiger partial charge on any atom is 0.231 e. The highest BCUT2D eigenvalue weighted by atomic mass is 19.1. The molecule has 125 valence electrons. The molecule has 3 nitrogen and oxygen atoms in total. The molecule has 2 heterocycles. The van der Waals surface area contributed by atoms with Gasteiger partial charge in [0, 0.05) is 18.7 Å². The van der Waals surface area contributed by atoms with Crippen molar-refractivity contribution >= 4 is 5.91 Å². The van der Waals surface area contributed by atoms with E-state index in [1.54, 1.807) is 18.2 Å². The molecule has 0 N–H and O–H groups in total. The van der Waals surface area contributed by atoms with E-state index in [-0.39, 0.29) is 11.7 Å². The molecule has 0 spiro atoms. The van der Waals surface area contributed by atoms with Crippen molar-refractivity contribution in [2.24, 2.45) is 11.8 Å². The number of amides is 1. The van der Waals surface area contributed by atoms with E-state index in [1.807, 2.05) is 4.90 Å². The van der Waals surface area contributed by atoms with Gasteiger partial charge in [-0.25, -0.2) is 4.39 Å². The van der Waals surface area contributed by atoms with Gasteiger partial charge in [0.1, 0.15) is 5.82 Å². The van der Waals surface area contributed by atoms with Crippen LogP contribution in [0.3, 0.4) is 0 Å². The molecule has 0 unspecified atom stereocenters. The van der Waals surface area contributed by atoms with Crippen LogP contribution in [0.1, 0.15) is 31.2 Å². The van der Waals surface area contributed by atoms with Crippen LogP contribution < -0.4 is 0 Å². The number of piperidine rings is 2. The van der Waals surface area contributed by atoms with Crippen molar-refractivity contribution in [2.75, 3.05) is 33.2 Å². The molecule has 3 rings (SSSR count). The number of halogens is 1. The largest absolute Gasteiger partial charge is 0.342 e. The maximum atomic E-state index is 13.6. The van der Waals surface area contributed by atoms with Crippen LogP contribution in [-0.2, 0) is 4.79 Å². The first kappa shape index (κ1) is 16.4. The lowest BCUT2D eigenvalue weighted by Crippen LogP contribution is -2.42. The Labute approximate surface area is 138 Å². The Morgan fingerprint density at radius 1 is 1.04 bits per heavy atom. The van der Waals surface area contributed by atoms with Crippen molar-refractivity contribution in [3.8, 4) is 0 Å². The van der Waals surface area contributed by atoms with E-state index in [9.17, 15) is 9.18 Å². The SMILES string of the molecule is CN1CCC(C2CCN(C(=O)[CH]c3ccccc3F)CC2)CC1. The molecule has 0 saturated carbocycles. The summed E-state index contributed by atoms with van der Waals surface area (Å²) in [4.78, 5) is 16.6. The number of carbonyl (C=O) groups is 1. The second kappa shape index (κ2) is 7.43. The molecule has 1 amide bonds. The standard InChI is InChI=1S/C19H26FN2O/c1-21-10-6-15(7-11-21)16-8-12-22(13-9-16)19(23)14-17-4-2-3-5-18(17)20/h2-5,14-16H,6-13H2,1H3. The first-order valence-corrected chi connectivity index (χ1v) is 8.70. The van der Waals surface area contributed by atoms with Gasteiger partial charge in [0.05, 0.1) is 6.42 Å². The van der Waals surface area contributed by atoms with E-state index in [2.05, 4.69) is 11.9 Å². The van der Waals surface area contributed by atoms with Gasteiger partial charge < -0.3 is 9.80 Å². The summed E-state index contributed by atoms with van der Waals surface area (Å²) in [6.07, 6.45) is 6.19. The monoisotopic (exact) mass is 317 g/mol. The zero-order valence-electron chi connectivity index (χ0n) is 13.9. The third-order valence-electron chi connectivity index (χ3n) is 5.47. The van der Waals surface area contributed by atoms with Crippen molar-refractivity contribution in [2.45, 2.75) is 25.7 Å². The molecular formula is C19H26FN2O. The number of rotatable bonds is 3. The Kier molecular flexibility index (Phi) is 5.31. The van der Waals surface area contributed by atoms with E-state index in [1.165, 1.54) is 38.4 Å². The quantitative estimate of drug-likeness (QED) is 0.856. The van der Waals surface area contributed by atoms with Crippen molar-refractivity contribution in [3.05, 3.63) is 42.1 Å². The lowest BCUT2D eigenvalue weighted by molar-refractivity contribution is -0.128. The summed E-state index contributed by atoms with van der Waals surface area (Å²) in [6, 6.07) is 6.45. The summed E-state index contributed by atoms with van der Waals surface area (Å²) in [5.74, 6) is 1.18. The fourth-order valence-corrected chi connectivity index (χ4v) is 3.91. The van der Waals surface area contributed by atoms with Crippen LogP contribution >= 0.6 is 0 Å². The van der Waals surface area contributed by atoms with Crippen molar-refractivity contribution in [1.29, 1.82) is 0 Å².